The van der Waals surface area contributed by atoms with E-state index < -0.39 is 0 Å². The standard InChI is InChI=1S/C16H22O3S/c1-11-8-14(9-12(2)19-11)18-10-16(17)13-4-6-15(20-3)7-5-13/h4-7,11-12,14H,8-10H2,1-3H3. The van der Waals surface area contributed by atoms with E-state index in [9.17, 15) is 4.79 Å². The highest BCUT2D eigenvalue weighted by Gasteiger charge is 2.25. The van der Waals surface area contributed by atoms with Gasteiger partial charge in [-0.3, -0.25) is 4.79 Å². The van der Waals surface area contributed by atoms with Crippen molar-refractivity contribution in [2.24, 2.45) is 0 Å². The number of carbonyl (C=O) groups excluding carboxylic acids is 1. The highest BCUT2D eigenvalue weighted by atomic mass is 32.2. The molecule has 3 nitrogen and oxygen atoms in total. The Morgan fingerprint density at radius 3 is 2.40 bits per heavy atom. The van der Waals surface area contributed by atoms with Crippen molar-refractivity contribution in [2.75, 3.05) is 12.9 Å². The van der Waals surface area contributed by atoms with E-state index in [0.717, 1.165) is 23.3 Å². The summed E-state index contributed by atoms with van der Waals surface area (Å²) < 4.78 is 11.4. The molecule has 1 aliphatic rings. The average molecular weight is 294 g/mol. The minimum absolute atomic E-state index is 0.0458. The van der Waals surface area contributed by atoms with Gasteiger partial charge in [-0.05, 0) is 45.1 Å². The maximum absolute atomic E-state index is 12.1. The van der Waals surface area contributed by atoms with Crippen molar-refractivity contribution in [1.29, 1.82) is 0 Å². The molecule has 2 unspecified atom stereocenters. The van der Waals surface area contributed by atoms with Crippen molar-refractivity contribution in [3.63, 3.8) is 0 Å². The molecule has 0 amide bonds. The van der Waals surface area contributed by atoms with Gasteiger partial charge in [0.2, 0.25) is 0 Å². The van der Waals surface area contributed by atoms with E-state index in [-0.39, 0.29) is 30.7 Å². The zero-order chi connectivity index (χ0) is 14.5. The van der Waals surface area contributed by atoms with Gasteiger partial charge in [0.25, 0.3) is 0 Å². The van der Waals surface area contributed by atoms with E-state index >= 15 is 0 Å². The van der Waals surface area contributed by atoms with E-state index in [1.165, 1.54) is 0 Å². The Morgan fingerprint density at radius 2 is 1.85 bits per heavy atom. The Balaban J connectivity index is 1.85. The van der Waals surface area contributed by atoms with Crippen LogP contribution in [-0.4, -0.2) is 37.0 Å². The topological polar surface area (TPSA) is 35.5 Å². The van der Waals surface area contributed by atoms with Crippen LogP contribution in [0.1, 0.15) is 37.0 Å². The lowest BCUT2D eigenvalue weighted by molar-refractivity contribution is -0.0975. The molecule has 0 aliphatic carbocycles. The van der Waals surface area contributed by atoms with Crippen molar-refractivity contribution in [1.82, 2.24) is 0 Å². The van der Waals surface area contributed by atoms with E-state index in [1.54, 1.807) is 11.8 Å². The molecular weight excluding hydrogens is 272 g/mol. The van der Waals surface area contributed by atoms with Crippen LogP contribution < -0.4 is 0 Å². The summed E-state index contributed by atoms with van der Waals surface area (Å²) in [6.45, 7) is 4.26. The first-order valence-electron chi connectivity index (χ1n) is 7.02. The van der Waals surface area contributed by atoms with Crippen molar-refractivity contribution in [3.8, 4) is 0 Å². The number of benzene rings is 1. The predicted molar refractivity (Wildman–Crippen MR) is 81.5 cm³/mol. The van der Waals surface area contributed by atoms with Crippen LogP contribution in [0.2, 0.25) is 0 Å². The van der Waals surface area contributed by atoms with Gasteiger partial charge in [-0.1, -0.05) is 12.1 Å². The van der Waals surface area contributed by atoms with Crippen LogP contribution >= 0.6 is 11.8 Å². The molecule has 1 fully saturated rings. The molecule has 1 aromatic rings. The molecule has 2 rings (SSSR count). The number of hydrogen-bond donors (Lipinski definition) is 0. The Morgan fingerprint density at radius 1 is 1.25 bits per heavy atom. The Labute approximate surface area is 125 Å². The predicted octanol–water partition coefficient (Wildman–Crippen LogP) is 3.56. The second-order valence-electron chi connectivity index (χ2n) is 5.31. The molecule has 0 bridgehead atoms. The van der Waals surface area contributed by atoms with Gasteiger partial charge in [0, 0.05) is 10.5 Å². The monoisotopic (exact) mass is 294 g/mol. The molecule has 0 saturated carbocycles. The van der Waals surface area contributed by atoms with Gasteiger partial charge in [0.05, 0.1) is 18.3 Å². The van der Waals surface area contributed by atoms with Crippen LogP contribution in [0.15, 0.2) is 29.2 Å². The minimum Gasteiger partial charge on any atom is -0.375 e. The molecule has 1 heterocycles. The highest BCUT2D eigenvalue weighted by Crippen LogP contribution is 2.22. The lowest BCUT2D eigenvalue weighted by Crippen LogP contribution is -2.35. The van der Waals surface area contributed by atoms with Crippen LogP contribution in [0.3, 0.4) is 0 Å². The van der Waals surface area contributed by atoms with Crippen LogP contribution in [0.25, 0.3) is 0 Å². The normalized spacial score (nSPS) is 26.4. The lowest BCUT2D eigenvalue weighted by atomic mass is 10.0. The maximum Gasteiger partial charge on any atom is 0.188 e. The largest absolute Gasteiger partial charge is 0.375 e. The van der Waals surface area contributed by atoms with Crippen LogP contribution in [0.4, 0.5) is 0 Å². The first-order valence-corrected chi connectivity index (χ1v) is 8.25. The molecular formula is C16H22O3S. The summed E-state index contributed by atoms with van der Waals surface area (Å²) in [5.41, 5.74) is 0.718. The van der Waals surface area contributed by atoms with E-state index in [1.807, 2.05) is 30.5 Å². The zero-order valence-corrected chi connectivity index (χ0v) is 13.1. The zero-order valence-electron chi connectivity index (χ0n) is 12.3. The summed E-state index contributed by atoms with van der Waals surface area (Å²) in [6.07, 6.45) is 4.29. The Hall–Kier alpha value is -0.840. The number of ketones is 1. The number of carbonyl (C=O) groups is 1. The van der Waals surface area contributed by atoms with Crippen molar-refractivity contribution >= 4 is 17.5 Å². The van der Waals surface area contributed by atoms with Gasteiger partial charge >= 0.3 is 0 Å². The second kappa shape index (κ2) is 7.25. The maximum atomic E-state index is 12.1. The van der Waals surface area contributed by atoms with Crippen molar-refractivity contribution in [2.45, 2.75) is 49.9 Å². The highest BCUT2D eigenvalue weighted by molar-refractivity contribution is 7.98. The van der Waals surface area contributed by atoms with E-state index in [4.69, 9.17) is 9.47 Å². The number of Topliss-reactive ketones (excluding diaryl/α,β-unsaturated/α-hetero) is 1. The summed E-state index contributed by atoms with van der Waals surface area (Å²) in [5.74, 6) is 0.0458. The molecule has 1 aliphatic heterocycles. The number of rotatable bonds is 5. The van der Waals surface area contributed by atoms with Gasteiger partial charge in [-0.15, -0.1) is 11.8 Å². The number of thioether (sulfide) groups is 1. The molecule has 20 heavy (non-hydrogen) atoms. The fourth-order valence-corrected chi connectivity index (χ4v) is 2.94. The molecule has 0 radical (unpaired) electrons. The van der Waals surface area contributed by atoms with Crippen LogP contribution in [-0.2, 0) is 9.47 Å². The van der Waals surface area contributed by atoms with Crippen molar-refractivity contribution < 1.29 is 14.3 Å². The summed E-state index contributed by atoms with van der Waals surface area (Å²) >= 11 is 1.67. The third kappa shape index (κ3) is 4.33. The van der Waals surface area contributed by atoms with Crippen LogP contribution in [0.5, 0.6) is 0 Å². The molecule has 0 aromatic heterocycles. The van der Waals surface area contributed by atoms with Gasteiger partial charge < -0.3 is 9.47 Å². The van der Waals surface area contributed by atoms with E-state index in [2.05, 4.69) is 13.8 Å². The quantitative estimate of drug-likeness (QED) is 0.614. The average Bonchev–Trinajstić information content (AvgIpc) is 2.44. The minimum atomic E-state index is 0.0458. The molecule has 2 atom stereocenters. The number of ether oxygens (including phenoxy) is 2. The Bertz CT molecular complexity index is 434. The van der Waals surface area contributed by atoms with E-state index in [0.29, 0.717) is 0 Å². The van der Waals surface area contributed by atoms with Gasteiger partial charge in [-0.2, -0.15) is 0 Å². The third-order valence-electron chi connectivity index (χ3n) is 3.52. The Kier molecular flexibility index (Phi) is 5.64. The molecule has 1 aromatic carbocycles. The summed E-state index contributed by atoms with van der Waals surface area (Å²) in [6, 6.07) is 7.67. The summed E-state index contributed by atoms with van der Waals surface area (Å²) in [4.78, 5) is 13.2. The van der Waals surface area contributed by atoms with Gasteiger partial charge in [-0.25, -0.2) is 0 Å². The van der Waals surface area contributed by atoms with Crippen molar-refractivity contribution in [3.05, 3.63) is 29.8 Å². The first-order chi connectivity index (χ1) is 9.58. The first kappa shape index (κ1) is 15.5. The molecule has 0 N–H and O–H groups in total. The van der Waals surface area contributed by atoms with Gasteiger partial charge in [0.1, 0.15) is 6.61 Å². The smallest absolute Gasteiger partial charge is 0.188 e. The summed E-state index contributed by atoms with van der Waals surface area (Å²) in [5, 5.41) is 0. The molecule has 110 valence electrons. The second-order valence-corrected chi connectivity index (χ2v) is 6.19. The van der Waals surface area contributed by atoms with Gasteiger partial charge in [0.15, 0.2) is 5.78 Å². The molecule has 1 saturated heterocycles. The summed E-state index contributed by atoms with van der Waals surface area (Å²) in [7, 11) is 0. The fraction of sp³-hybridized carbons (Fsp3) is 0.562. The fourth-order valence-electron chi connectivity index (χ4n) is 2.53. The molecule has 0 spiro atoms. The third-order valence-corrected chi connectivity index (χ3v) is 4.26. The van der Waals surface area contributed by atoms with Crippen LogP contribution in [0, 0.1) is 0 Å². The SMILES string of the molecule is CSc1ccc(C(=O)COC2CC(C)OC(C)C2)cc1. The number of hydrogen-bond acceptors (Lipinski definition) is 4. The molecule has 4 heteroatoms. The lowest BCUT2D eigenvalue weighted by Gasteiger charge is -2.31.